The minimum absolute atomic E-state index is 0.105. The van der Waals surface area contributed by atoms with Gasteiger partial charge in [-0.05, 0) is 43.7 Å². The first kappa shape index (κ1) is 13.5. The fourth-order valence-electron chi connectivity index (χ4n) is 1.92. The molecule has 0 spiro atoms. The number of benzene rings is 1. The molecule has 1 aromatic carbocycles. The van der Waals surface area contributed by atoms with Crippen LogP contribution in [0.25, 0.3) is 0 Å². The van der Waals surface area contributed by atoms with E-state index in [0.717, 1.165) is 23.1 Å². The SMILES string of the molecule is O=C(COC[C@@H]1CCCN1)Nc1ccc(Br)cc1. The molecule has 4 nitrogen and oxygen atoms in total. The normalized spacial score (nSPS) is 18.8. The molecule has 1 aromatic rings. The zero-order valence-electron chi connectivity index (χ0n) is 10.1. The summed E-state index contributed by atoms with van der Waals surface area (Å²) in [5.41, 5.74) is 0.783. The predicted octanol–water partition coefficient (Wildman–Crippen LogP) is 2.16. The molecule has 1 fully saturated rings. The molecule has 18 heavy (non-hydrogen) atoms. The zero-order valence-corrected chi connectivity index (χ0v) is 11.7. The van der Waals surface area contributed by atoms with E-state index in [0.29, 0.717) is 12.6 Å². The summed E-state index contributed by atoms with van der Waals surface area (Å²) in [5, 5.41) is 6.11. The third kappa shape index (κ3) is 4.40. The van der Waals surface area contributed by atoms with Crippen molar-refractivity contribution in [1.29, 1.82) is 0 Å². The molecule has 0 unspecified atom stereocenters. The van der Waals surface area contributed by atoms with Crippen molar-refractivity contribution in [1.82, 2.24) is 5.32 Å². The number of nitrogens with one attached hydrogen (secondary N) is 2. The Morgan fingerprint density at radius 3 is 2.89 bits per heavy atom. The molecule has 1 aliphatic rings. The summed E-state index contributed by atoms with van der Waals surface area (Å²) in [7, 11) is 0. The Morgan fingerprint density at radius 2 is 2.22 bits per heavy atom. The van der Waals surface area contributed by atoms with Gasteiger partial charge in [-0.1, -0.05) is 15.9 Å². The van der Waals surface area contributed by atoms with Gasteiger partial charge in [0.2, 0.25) is 5.91 Å². The van der Waals surface area contributed by atoms with Gasteiger partial charge in [-0.25, -0.2) is 0 Å². The van der Waals surface area contributed by atoms with Crippen molar-refractivity contribution in [3.8, 4) is 0 Å². The lowest BCUT2D eigenvalue weighted by Gasteiger charge is -2.10. The molecule has 0 radical (unpaired) electrons. The van der Waals surface area contributed by atoms with Gasteiger partial charge in [0.15, 0.2) is 0 Å². The molecule has 0 aromatic heterocycles. The molecule has 2 rings (SSSR count). The van der Waals surface area contributed by atoms with Crippen LogP contribution < -0.4 is 10.6 Å². The predicted molar refractivity (Wildman–Crippen MR) is 74.6 cm³/mol. The number of carbonyl (C=O) groups excluding carboxylic acids is 1. The topological polar surface area (TPSA) is 50.4 Å². The van der Waals surface area contributed by atoms with E-state index in [-0.39, 0.29) is 12.5 Å². The summed E-state index contributed by atoms with van der Waals surface area (Å²) in [6.45, 7) is 1.76. The van der Waals surface area contributed by atoms with Crippen molar-refractivity contribution in [3.63, 3.8) is 0 Å². The number of ether oxygens (including phenoxy) is 1. The number of rotatable bonds is 5. The number of amides is 1. The van der Waals surface area contributed by atoms with Gasteiger partial charge in [0.1, 0.15) is 6.61 Å². The summed E-state index contributed by atoms with van der Waals surface area (Å²) >= 11 is 3.35. The molecule has 1 aliphatic heterocycles. The first-order valence-electron chi connectivity index (χ1n) is 6.10. The van der Waals surface area contributed by atoms with E-state index in [4.69, 9.17) is 4.74 Å². The third-order valence-corrected chi connectivity index (χ3v) is 3.37. The average molecular weight is 313 g/mol. The fourth-order valence-corrected chi connectivity index (χ4v) is 2.19. The Bertz CT molecular complexity index is 388. The maximum atomic E-state index is 11.6. The second-order valence-corrected chi connectivity index (χ2v) is 5.28. The van der Waals surface area contributed by atoms with Crippen molar-refractivity contribution in [2.75, 3.05) is 25.1 Å². The number of halogens is 1. The first-order chi connectivity index (χ1) is 8.74. The molecule has 0 aliphatic carbocycles. The second-order valence-electron chi connectivity index (χ2n) is 4.36. The Morgan fingerprint density at radius 1 is 1.44 bits per heavy atom. The highest BCUT2D eigenvalue weighted by molar-refractivity contribution is 9.10. The second kappa shape index (κ2) is 6.87. The maximum absolute atomic E-state index is 11.6. The Labute approximate surface area is 115 Å². The van der Waals surface area contributed by atoms with Crippen LogP contribution in [0, 0.1) is 0 Å². The highest BCUT2D eigenvalue weighted by atomic mass is 79.9. The summed E-state index contributed by atoms with van der Waals surface area (Å²) in [6.07, 6.45) is 2.33. The minimum atomic E-state index is -0.115. The van der Waals surface area contributed by atoms with Gasteiger partial charge in [-0.2, -0.15) is 0 Å². The quantitative estimate of drug-likeness (QED) is 0.876. The Kier molecular flexibility index (Phi) is 5.16. The molecule has 98 valence electrons. The monoisotopic (exact) mass is 312 g/mol. The maximum Gasteiger partial charge on any atom is 0.250 e. The summed E-state index contributed by atoms with van der Waals surface area (Å²) < 4.78 is 6.38. The van der Waals surface area contributed by atoms with Gasteiger partial charge in [0, 0.05) is 16.2 Å². The van der Waals surface area contributed by atoms with Crippen molar-refractivity contribution in [2.45, 2.75) is 18.9 Å². The molecular weight excluding hydrogens is 296 g/mol. The van der Waals surface area contributed by atoms with Gasteiger partial charge < -0.3 is 15.4 Å². The molecule has 5 heteroatoms. The van der Waals surface area contributed by atoms with Gasteiger partial charge in [0.25, 0.3) is 0 Å². The minimum Gasteiger partial charge on any atom is -0.370 e. The lowest BCUT2D eigenvalue weighted by Crippen LogP contribution is -2.29. The van der Waals surface area contributed by atoms with Crippen molar-refractivity contribution < 1.29 is 9.53 Å². The van der Waals surface area contributed by atoms with Crippen LogP contribution in [0.2, 0.25) is 0 Å². The number of carbonyl (C=O) groups is 1. The van der Waals surface area contributed by atoms with E-state index in [9.17, 15) is 4.79 Å². The average Bonchev–Trinajstić information content (AvgIpc) is 2.85. The number of anilines is 1. The highest BCUT2D eigenvalue weighted by Gasteiger charge is 2.14. The number of hydrogen-bond acceptors (Lipinski definition) is 3. The van der Waals surface area contributed by atoms with Crippen LogP contribution in [0.4, 0.5) is 5.69 Å². The third-order valence-electron chi connectivity index (χ3n) is 2.84. The van der Waals surface area contributed by atoms with Crippen LogP contribution in [-0.4, -0.2) is 31.7 Å². The van der Waals surface area contributed by atoms with Gasteiger partial charge in [-0.3, -0.25) is 4.79 Å². The summed E-state index contributed by atoms with van der Waals surface area (Å²) in [5.74, 6) is -0.115. The van der Waals surface area contributed by atoms with Gasteiger partial charge >= 0.3 is 0 Å². The van der Waals surface area contributed by atoms with E-state index in [2.05, 4.69) is 26.6 Å². The highest BCUT2D eigenvalue weighted by Crippen LogP contribution is 2.13. The fraction of sp³-hybridized carbons (Fsp3) is 0.462. The summed E-state index contributed by atoms with van der Waals surface area (Å²) in [6, 6.07) is 7.88. The Balaban J connectivity index is 1.66. The molecular formula is C13H17BrN2O2. The van der Waals surface area contributed by atoms with Crippen LogP contribution in [0.5, 0.6) is 0 Å². The van der Waals surface area contributed by atoms with E-state index < -0.39 is 0 Å². The lowest BCUT2D eigenvalue weighted by atomic mass is 10.2. The van der Waals surface area contributed by atoms with Crippen LogP contribution in [0.3, 0.4) is 0 Å². The number of hydrogen-bond donors (Lipinski definition) is 2. The standard InChI is InChI=1S/C13H17BrN2O2/c14-10-3-5-11(6-4-10)16-13(17)9-18-8-12-2-1-7-15-12/h3-6,12,15H,1-2,7-9H2,(H,16,17)/t12-/m0/s1. The van der Waals surface area contributed by atoms with Crippen LogP contribution >= 0.6 is 15.9 Å². The van der Waals surface area contributed by atoms with Crippen LogP contribution in [-0.2, 0) is 9.53 Å². The van der Waals surface area contributed by atoms with Crippen molar-refractivity contribution in [3.05, 3.63) is 28.7 Å². The first-order valence-corrected chi connectivity index (χ1v) is 6.90. The van der Waals surface area contributed by atoms with E-state index in [1.54, 1.807) is 0 Å². The molecule has 0 saturated carbocycles. The van der Waals surface area contributed by atoms with E-state index in [1.165, 1.54) is 6.42 Å². The Hall–Kier alpha value is -0.910. The largest absolute Gasteiger partial charge is 0.370 e. The molecule has 1 amide bonds. The van der Waals surface area contributed by atoms with E-state index in [1.807, 2.05) is 24.3 Å². The van der Waals surface area contributed by atoms with Crippen LogP contribution in [0.15, 0.2) is 28.7 Å². The molecule has 1 heterocycles. The summed E-state index contributed by atoms with van der Waals surface area (Å²) in [4.78, 5) is 11.6. The lowest BCUT2D eigenvalue weighted by molar-refractivity contribution is -0.120. The van der Waals surface area contributed by atoms with Crippen molar-refractivity contribution in [2.24, 2.45) is 0 Å². The van der Waals surface area contributed by atoms with Crippen molar-refractivity contribution >= 4 is 27.5 Å². The molecule has 0 bridgehead atoms. The molecule has 1 atom stereocenters. The zero-order chi connectivity index (χ0) is 12.8. The molecule has 2 N–H and O–H groups in total. The van der Waals surface area contributed by atoms with E-state index >= 15 is 0 Å². The van der Waals surface area contributed by atoms with Gasteiger partial charge in [-0.15, -0.1) is 0 Å². The van der Waals surface area contributed by atoms with Crippen LogP contribution in [0.1, 0.15) is 12.8 Å². The van der Waals surface area contributed by atoms with Gasteiger partial charge in [0.05, 0.1) is 6.61 Å². The smallest absolute Gasteiger partial charge is 0.250 e. The molecule has 1 saturated heterocycles.